The molecule has 9 heteroatoms. The molecule has 6 rings (SSSR count). The first kappa shape index (κ1) is 20.7. The van der Waals surface area contributed by atoms with Crippen molar-refractivity contribution in [2.24, 2.45) is 0 Å². The minimum atomic E-state index is -3.68. The highest BCUT2D eigenvalue weighted by atomic mass is 32.2. The highest BCUT2D eigenvalue weighted by Crippen LogP contribution is 2.46. The third-order valence-corrected chi connectivity index (χ3v) is 8.83. The molecular formula is C24H24F2N4O2S. The predicted molar refractivity (Wildman–Crippen MR) is 126 cm³/mol. The van der Waals surface area contributed by atoms with E-state index < -0.39 is 10.2 Å². The highest BCUT2D eigenvalue weighted by Gasteiger charge is 2.43. The molecule has 2 aromatic carbocycles. The van der Waals surface area contributed by atoms with Gasteiger partial charge >= 0.3 is 10.2 Å². The summed E-state index contributed by atoms with van der Waals surface area (Å²) in [6, 6.07) is 7.75. The topological polar surface area (TPSA) is 59.7 Å². The molecule has 172 valence electrons. The summed E-state index contributed by atoms with van der Waals surface area (Å²) in [5.74, 6) is -0.592. The lowest BCUT2D eigenvalue weighted by Gasteiger charge is -2.29. The molecule has 3 aliphatic rings. The summed E-state index contributed by atoms with van der Waals surface area (Å²) in [4.78, 5) is 5.36. The second kappa shape index (κ2) is 7.56. The number of nitrogens with zero attached hydrogens (tertiary/aromatic N) is 3. The zero-order valence-electron chi connectivity index (χ0n) is 18.0. The van der Waals surface area contributed by atoms with Gasteiger partial charge in [-0.05, 0) is 55.2 Å². The Morgan fingerprint density at radius 3 is 2.73 bits per heavy atom. The molecule has 33 heavy (non-hydrogen) atoms. The van der Waals surface area contributed by atoms with E-state index in [0.29, 0.717) is 56.0 Å². The fraction of sp³-hybridized carbons (Fsp3) is 0.333. The molecular weight excluding hydrogens is 446 g/mol. The van der Waals surface area contributed by atoms with Crippen LogP contribution in [0.4, 0.5) is 20.2 Å². The van der Waals surface area contributed by atoms with Gasteiger partial charge in [0.15, 0.2) is 0 Å². The average Bonchev–Trinajstić information content (AvgIpc) is 3.32. The molecule has 0 radical (unpaired) electrons. The van der Waals surface area contributed by atoms with Crippen LogP contribution < -0.4 is 8.61 Å². The first-order chi connectivity index (χ1) is 15.9. The van der Waals surface area contributed by atoms with Gasteiger partial charge in [0.05, 0.1) is 11.4 Å². The average molecular weight is 471 g/mol. The van der Waals surface area contributed by atoms with Gasteiger partial charge in [-0.15, -0.1) is 0 Å². The van der Waals surface area contributed by atoms with Crippen LogP contribution in [0.25, 0.3) is 16.5 Å². The molecule has 0 saturated carbocycles. The molecule has 3 aliphatic heterocycles. The van der Waals surface area contributed by atoms with Gasteiger partial charge < -0.3 is 4.98 Å². The number of H-pyrrole nitrogens is 1. The quantitative estimate of drug-likeness (QED) is 0.626. The second-order valence-corrected chi connectivity index (χ2v) is 10.6. The number of fused-ring (bicyclic) bond motifs is 1. The Kier molecular flexibility index (Phi) is 4.74. The molecule has 3 aromatic rings. The summed E-state index contributed by atoms with van der Waals surface area (Å²) in [6.07, 6.45) is 6.10. The maximum atomic E-state index is 14.3. The number of aromatic amines is 1. The minimum absolute atomic E-state index is 0.262. The molecule has 0 unspecified atom stereocenters. The SMILES string of the molecule is O=S1(=O)N(CCN2CC=C(c3c[nH]c4cc(F)ccc34)CC2)c2ccc(F)c3c2N1CCC3. The van der Waals surface area contributed by atoms with Crippen LogP contribution in [-0.2, 0) is 16.6 Å². The molecule has 0 spiro atoms. The molecule has 0 bridgehead atoms. The van der Waals surface area contributed by atoms with Gasteiger partial charge in [-0.25, -0.2) is 13.1 Å². The molecule has 0 amide bonds. The smallest absolute Gasteiger partial charge is 0.326 e. The summed E-state index contributed by atoms with van der Waals surface area (Å²) in [5, 5.41) is 1.00. The van der Waals surface area contributed by atoms with Crippen molar-refractivity contribution >= 4 is 38.1 Å². The van der Waals surface area contributed by atoms with E-state index >= 15 is 0 Å². The van der Waals surface area contributed by atoms with Crippen molar-refractivity contribution in [2.45, 2.75) is 19.3 Å². The Hall–Kier alpha value is -2.91. The standard InChI is InChI=1S/C24H24F2N4O2S/c25-17-3-4-18-20(15-27-22(18)14-17)16-7-10-28(11-8-16)12-13-29-23-6-5-21(26)19-2-1-9-30(24(19)23)33(29,31)32/h3-7,14-15,27H,1-2,8-13H2. The summed E-state index contributed by atoms with van der Waals surface area (Å²) in [6.45, 7) is 2.82. The number of rotatable bonds is 4. The number of aromatic nitrogens is 1. The fourth-order valence-electron chi connectivity index (χ4n) is 5.29. The van der Waals surface area contributed by atoms with Crippen molar-refractivity contribution in [3.63, 3.8) is 0 Å². The summed E-state index contributed by atoms with van der Waals surface area (Å²) < 4.78 is 56.9. The molecule has 0 atom stereocenters. The van der Waals surface area contributed by atoms with Crippen LogP contribution in [-0.4, -0.2) is 51.0 Å². The zero-order valence-corrected chi connectivity index (χ0v) is 18.8. The Bertz CT molecular complexity index is 1400. The molecule has 0 aliphatic carbocycles. The van der Waals surface area contributed by atoms with Crippen LogP contribution in [0.3, 0.4) is 0 Å². The molecule has 1 N–H and O–H groups in total. The van der Waals surface area contributed by atoms with Crippen LogP contribution in [0.5, 0.6) is 0 Å². The molecule has 0 saturated heterocycles. The van der Waals surface area contributed by atoms with Crippen molar-refractivity contribution in [3.8, 4) is 0 Å². The van der Waals surface area contributed by atoms with E-state index in [0.717, 1.165) is 29.4 Å². The Balaban J connectivity index is 1.19. The van der Waals surface area contributed by atoms with Crippen LogP contribution in [0.2, 0.25) is 0 Å². The lowest BCUT2D eigenvalue weighted by Crippen LogP contribution is -2.43. The minimum Gasteiger partial charge on any atom is -0.360 e. The zero-order chi connectivity index (χ0) is 22.7. The van der Waals surface area contributed by atoms with E-state index in [-0.39, 0.29) is 11.6 Å². The summed E-state index contributed by atoms with van der Waals surface area (Å²) >= 11 is 0. The van der Waals surface area contributed by atoms with Crippen LogP contribution in [0.15, 0.2) is 42.6 Å². The van der Waals surface area contributed by atoms with E-state index in [2.05, 4.69) is 16.0 Å². The van der Waals surface area contributed by atoms with Gasteiger partial charge in [0.25, 0.3) is 0 Å². The van der Waals surface area contributed by atoms with Crippen molar-refractivity contribution in [3.05, 3.63) is 65.4 Å². The van der Waals surface area contributed by atoms with E-state index in [1.54, 1.807) is 12.1 Å². The lowest BCUT2D eigenvalue weighted by molar-refractivity contribution is 0.311. The van der Waals surface area contributed by atoms with Gasteiger partial charge in [0, 0.05) is 61.0 Å². The van der Waals surface area contributed by atoms with E-state index in [1.165, 1.54) is 32.4 Å². The van der Waals surface area contributed by atoms with Crippen LogP contribution in [0, 0.1) is 11.6 Å². The molecule has 6 nitrogen and oxygen atoms in total. The van der Waals surface area contributed by atoms with Crippen molar-refractivity contribution in [1.82, 2.24) is 9.88 Å². The van der Waals surface area contributed by atoms with Crippen molar-refractivity contribution in [1.29, 1.82) is 0 Å². The van der Waals surface area contributed by atoms with Gasteiger partial charge in [-0.2, -0.15) is 8.42 Å². The number of halogens is 2. The first-order valence-corrected chi connectivity index (χ1v) is 12.6. The van der Waals surface area contributed by atoms with Crippen molar-refractivity contribution in [2.75, 3.05) is 41.3 Å². The van der Waals surface area contributed by atoms with Crippen LogP contribution in [0.1, 0.15) is 24.0 Å². The van der Waals surface area contributed by atoms with E-state index in [4.69, 9.17) is 0 Å². The summed E-state index contributed by atoms with van der Waals surface area (Å²) in [5.41, 5.74) is 4.70. The van der Waals surface area contributed by atoms with Crippen molar-refractivity contribution < 1.29 is 17.2 Å². The third kappa shape index (κ3) is 3.25. The van der Waals surface area contributed by atoms with E-state index in [9.17, 15) is 17.2 Å². The number of nitrogens with one attached hydrogen (secondary N) is 1. The first-order valence-electron chi connectivity index (χ1n) is 11.2. The summed E-state index contributed by atoms with van der Waals surface area (Å²) in [7, 11) is -3.68. The largest absolute Gasteiger partial charge is 0.360 e. The highest BCUT2D eigenvalue weighted by molar-refractivity contribution is 7.94. The maximum Gasteiger partial charge on any atom is 0.326 e. The van der Waals surface area contributed by atoms with Gasteiger partial charge in [0.1, 0.15) is 11.6 Å². The van der Waals surface area contributed by atoms with E-state index in [1.807, 2.05) is 6.20 Å². The Morgan fingerprint density at radius 1 is 1.03 bits per heavy atom. The number of anilines is 2. The molecule has 0 fully saturated rings. The Labute approximate surface area is 191 Å². The third-order valence-electron chi connectivity index (χ3n) is 6.97. The maximum absolute atomic E-state index is 14.3. The van der Waals surface area contributed by atoms with Gasteiger partial charge in [-0.3, -0.25) is 9.21 Å². The monoisotopic (exact) mass is 470 g/mol. The van der Waals surface area contributed by atoms with Gasteiger partial charge in [0.2, 0.25) is 0 Å². The van der Waals surface area contributed by atoms with Crippen LogP contribution >= 0.6 is 0 Å². The number of benzene rings is 2. The number of hydrogen-bond acceptors (Lipinski definition) is 3. The molecule has 4 heterocycles. The lowest BCUT2D eigenvalue weighted by atomic mass is 9.99. The van der Waals surface area contributed by atoms with Gasteiger partial charge in [-0.1, -0.05) is 6.08 Å². The number of hydrogen-bond donors (Lipinski definition) is 1. The normalized spacial score (nSPS) is 19.8. The fourth-order valence-corrected chi connectivity index (χ4v) is 7.03. The molecule has 1 aromatic heterocycles. The predicted octanol–water partition coefficient (Wildman–Crippen LogP) is 4.05. The second-order valence-electron chi connectivity index (χ2n) is 8.82. The Morgan fingerprint density at radius 2 is 1.91 bits per heavy atom.